The van der Waals surface area contributed by atoms with E-state index in [2.05, 4.69) is 6.58 Å². The summed E-state index contributed by atoms with van der Waals surface area (Å²) in [7, 11) is 3.91. The molecule has 0 saturated carbocycles. The van der Waals surface area contributed by atoms with Crippen LogP contribution in [0.3, 0.4) is 0 Å². The molecular weight excluding hydrogens is 448 g/mol. The van der Waals surface area contributed by atoms with Crippen molar-refractivity contribution in [2.24, 2.45) is 0 Å². The second kappa shape index (κ2) is 10.7. The normalized spacial score (nSPS) is 18.7. The van der Waals surface area contributed by atoms with Crippen molar-refractivity contribution < 1.29 is 28.9 Å². The predicted octanol–water partition coefficient (Wildman–Crippen LogP) is 3.40. The van der Waals surface area contributed by atoms with E-state index in [0.29, 0.717) is 61.2 Å². The molecule has 1 amide bonds. The Morgan fingerprint density at radius 3 is 2.54 bits per heavy atom. The molecule has 2 aromatic rings. The molecule has 1 fully saturated rings. The number of ketones is 1. The average molecular weight is 479 g/mol. The van der Waals surface area contributed by atoms with E-state index in [1.165, 1.54) is 4.90 Å². The second-order valence-electron chi connectivity index (χ2n) is 8.68. The van der Waals surface area contributed by atoms with Gasteiger partial charge in [0.2, 0.25) is 0 Å². The van der Waals surface area contributed by atoms with Crippen molar-refractivity contribution in [3.63, 3.8) is 0 Å². The molecule has 8 heteroatoms. The monoisotopic (exact) mass is 478 g/mol. The molecule has 1 N–H and O–H groups in total. The van der Waals surface area contributed by atoms with Crippen LogP contribution in [0.4, 0.5) is 0 Å². The first kappa shape index (κ1) is 24.3. The van der Waals surface area contributed by atoms with Crippen LogP contribution >= 0.6 is 0 Å². The molecule has 35 heavy (non-hydrogen) atoms. The van der Waals surface area contributed by atoms with E-state index >= 15 is 0 Å². The number of ether oxygens (including phenoxy) is 3. The molecule has 0 spiro atoms. The third-order valence-electron chi connectivity index (χ3n) is 5.92. The third-order valence-corrected chi connectivity index (χ3v) is 5.92. The molecule has 4 rings (SSSR count). The topological polar surface area (TPSA) is 88.5 Å². The van der Waals surface area contributed by atoms with Gasteiger partial charge in [0.25, 0.3) is 11.7 Å². The van der Waals surface area contributed by atoms with Crippen LogP contribution in [0.15, 0.2) is 60.7 Å². The fraction of sp³-hybridized carbons (Fsp3) is 0.333. The van der Waals surface area contributed by atoms with Gasteiger partial charge >= 0.3 is 0 Å². The van der Waals surface area contributed by atoms with Crippen LogP contribution in [0, 0.1) is 0 Å². The van der Waals surface area contributed by atoms with Gasteiger partial charge in [0.05, 0.1) is 11.6 Å². The van der Waals surface area contributed by atoms with Gasteiger partial charge in [-0.15, -0.1) is 0 Å². The number of amides is 1. The summed E-state index contributed by atoms with van der Waals surface area (Å²) in [5.74, 6) is 0.126. The molecule has 0 unspecified atom stereocenters. The predicted molar refractivity (Wildman–Crippen MR) is 132 cm³/mol. The number of benzene rings is 2. The summed E-state index contributed by atoms with van der Waals surface area (Å²) < 4.78 is 16.8. The van der Waals surface area contributed by atoms with Gasteiger partial charge in [-0.2, -0.15) is 0 Å². The quantitative estimate of drug-likeness (QED) is 0.256. The summed E-state index contributed by atoms with van der Waals surface area (Å²) in [6.45, 7) is 5.99. The van der Waals surface area contributed by atoms with Crippen molar-refractivity contribution in [1.29, 1.82) is 0 Å². The highest BCUT2D eigenvalue weighted by molar-refractivity contribution is 6.46. The van der Waals surface area contributed by atoms with Gasteiger partial charge in [-0.3, -0.25) is 9.59 Å². The first-order valence-corrected chi connectivity index (χ1v) is 11.6. The molecule has 1 saturated heterocycles. The number of carbonyl (C=O) groups excluding carboxylic acids is 2. The number of aliphatic hydroxyl groups is 1. The Labute approximate surface area is 205 Å². The molecule has 2 aliphatic heterocycles. The van der Waals surface area contributed by atoms with Gasteiger partial charge in [-0.05, 0) is 63.0 Å². The lowest BCUT2D eigenvalue weighted by atomic mass is 9.95. The van der Waals surface area contributed by atoms with Gasteiger partial charge in [0.15, 0.2) is 11.5 Å². The van der Waals surface area contributed by atoms with Crippen molar-refractivity contribution in [3.8, 4) is 17.2 Å². The van der Waals surface area contributed by atoms with E-state index < -0.39 is 17.7 Å². The van der Waals surface area contributed by atoms with Crippen LogP contribution in [0.25, 0.3) is 5.76 Å². The molecule has 1 atom stereocenters. The molecule has 184 valence electrons. The fourth-order valence-corrected chi connectivity index (χ4v) is 4.26. The first-order valence-electron chi connectivity index (χ1n) is 11.6. The standard InChI is InChI=1S/C27H30N2O6/c1-4-14-33-20-9-6-18(7-10-20)24-23(26(31)27(32)29(24)13-5-12-28(2)3)25(30)19-8-11-21-22(17-19)35-16-15-34-21/h4,6-11,17,24,30H,1,5,12-16H2,2-3H3/b25-23+/t24-/m0/s1. The Hall–Kier alpha value is -3.78. The molecule has 2 aliphatic rings. The SMILES string of the molecule is C=CCOc1ccc([C@H]2/C(=C(\O)c3ccc4c(c3)OCCO4)C(=O)C(=O)N2CCCN(C)C)cc1. The number of aliphatic hydroxyl groups excluding tert-OH is 1. The van der Waals surface area contributed by atoms with Crippen molar-refractivity contribution in [1.82, 2.24) is 9.80 Å². The lowest BCUT2D eigenvalue weighted by Gasteiger charge is -2.26. The zero-order valence-electron chi connectivity index (χ0n) is 20.0. The number of rotatable bonds is 9. The Morgan fingerprint density at radius 2 is 1.86 bits per heavy atom. The Kier molecular flexibility index (Phi) is 7.41. The summed E-state index contributed by atoms with van der Waals surface area (Å²) in [6.07, 6.45) is 2.34. The number of nitrogens with zero attached hydrogens (tertiary/aromatic N) is 2. The first-order chi connectivity index (χ1) is 16.9. The Morgan fingerprint density at radius 1 is 1.14 bits per heavy atom. The number of hydrogen-bond donors (Lipinski definition) is 1. The molecule has 0 bridgehead atoms. The van der Waals surface area contributed by atoms with E-state index in [0.717, 1.165) is 6.54 Å². The lowest BCUT2D eigenvalue weighted by molar-refractivity contribution is -0.139. The number of fused-ring (bicyclic) bond motifs is 1. The number of hydrogen-bond acceptors (Lipinski definition) is 7. The maximum atomic E-state index is 13.2. The van der Waals surface area contributed by atoms with Crippen LogP contribution in [-0.4, -0.2) is 73.6 Å². The summed E-state index contributed by atoms with van der Waals surface area (Å²) >= 11 is 0. The van der Waals surface area contributed by atoms with Gasteiger partial charge in [0, 0.05) is 12.1 Å². The van der Waals surface area contributed by atoms with Crippen LogP contribution in [0.2, 0.25) is 0 Å². The third kappa shape index (κ3) is 5.17. The Balaban J connectivity index is 1.74. The van der Waals surface area contributed by atoms with Crippen LogP contribution in [0.1, 0.15) is 23.6 Å². The number of Topliss-reactive ketones (excluding diaryl/α,β-unsaturated/α-hetero) is 1. The van der Waals surface area contributed by atoms with E-state index in [-0.39, 0.29) is 11.3 Å². The number of carbonyl (C=O) groups is 2. The van der Waals surface area contributed by atoms with Gasteiger partial charge in [-0.25, -0.2) is 0 Å². The molecule has 0 aromatic heterocycles. The highest BCUT2D eigenvalue weighted by atomic mass is 16.6. The summed E-state index contributed by atoms with van der Waals surface area (Å²) in [6, 6.07) is 11.4. The van der Waals surface area contributed by atoms with Crippen molar-refractivity contribution >= 4 is 17.4 Å². The van der Waals surface area contributed by atoms with Gasteiger partial charge < -0.3 is 29.1 Å². The van der Waals surface area contributed by atoms with E-state index in [9.17, 15) is 14.7 Å². The van der Waals surface area contributed by atoms with E-state index in [4.69, 9.17) is 14.2 Å². The smallest absolute Gasteiger partial charge is 0.295 e. The highest BCUT2D eigenvalue weighted by Gasteiger charge is 2.45. The minimum absolute atomic E-state index is 0.0521. The van der Waals surface area contributed by atoms with Gasteiger partial charge in [0.1, 0.15) is 31.3 Å². The van der Waals surface area contributed by atoms with Crippen LogP contribution in [0.5, 0.6) is 17.2 Å². The zero-order chi connectivity index (χ0) is 24.9. The lowest BCUT2D eigenvalue weighted by Crippen LogP contribution is -2.32. The molecule has 2 aromatic carbocycles. The summed E-state index contributed by atoms with van der Waals surface area (Å²) in [4.78, 5) is 29.8. The molecule has 2 heterocycles. The molecule has 0 aliphatic carbocycles. The van der Waals surface area contributed by atoms with Gasteiger partial charge in [-0.1, -0.05) is 24.8 Å². The van der Waals surface area contributed by atoms with Crippen LogP contribution < -0.4 is 14.2 Å². The summed E-state index contributed by atoms with van der Waals surface area (Å²) in [5.41, 5.74) is 1.15. The van der Waals surface area contributed by atoms with Crippen molar-refractivity contribution in [2.75, 3.05) is 47.0 Å². The van der Waals surface area contributed by atoms with E-state index in [1.54, 1.807) is 36.4 Å². The highest BCUT2D eigenvalue weighted by Crippen LogP contribution is 2.41. The molecular formula is C27H30N2O6. The minimum Gasteiger partial charge on any atom is -0.507 e. The fourth-order valence-electron chi connectivity index (χ4n) is 4.26. The number of likely N-dealkylation sites (tertiary alicyclic amines) is 1. The summed E-state index contributed by atoms with van der Waals surface area (Å²) in [5, 5.41) is 11.3. The van der Waals surface area contributed by atoms with Crippen molar-refractivity contribution in [3.05, 3.63) is 71.8 Å². The maximum absolute atomic E-state index is 13.2. The average Bonchev–Trinajstić information content (AvgIpc) is 3.12. The van der Waals surface area contributed by atoms with E-state index in [1.807, 2.05) is 31.1 Å². The molecule has 8 nitrogen and oxygen atoms in total. The van der Waals surface area contributed by atoms with Crippen LogP contribution in [-0.2, 0) is 9.59 Å². The molecule has 0 radical (unpaired) electrons. The zero-order valence-corrected chi connectivity index (χ0v) is 20.0. The van der Waals surface area contributed by atoms with Crippen molar-refractivity contribution in [2.45, 2.75) is 12.5 Å². The Bertz CT molecular complexity index is 1140. The minimum atomic E-state index is -0.723. The second-order valence-corrected chi connectivity index (χ2v) is 8.68. The largest absolute Gasteiger partial charge is 0.507 e. The maximum Gasteiger partial charge on any atom is 0.295 e.